The van der Waals surface area contributed by atoms with Crippen LogP contribution in [0, 0.1) is 0 Å². The maximum absolute atomic E-state index is 10.9. The van der Waals surface area contributed by atoms with Crippen LogP contribution in [-0.4, -0.2) is 69.5 Å². The minimum atomic E-state index is -0.497. The minimum Gasteiger partial charge on any atom is -0.370 e. The Labute approximate surface area is 143 Å². The van der Waals surface area contributed by atoms with Crippen molar-refractivity contribution in [3.8, 4) is 0 Å². The lowest BCUT2D eigenvalue weighted by Crippen LogP contribution is -2.34. The summed E-state index contributed by atoms with van der Waals surface area (Å²) in [6.07, 6.45) is 4.30. The fourth-order valence-corrected chi connectivity index (χ4v) is 4.84. The average Bonchev–Trinajstić information content (AvgIpc) is 3.31. The maximum atomic E-state index is 10.9. The molecule has 0 aromatic carbocycles. The molecule has 1 aromatic heterocycles. The summed E-state index contributed by atoms with van der Waals surface area (Å²) in [4.78, 5) is 10.9. The number of ether oxygens (including phenoxy) is 3. The molecule has 1 aliphatic carbocycles. The lowest BCUT2D eigenvalue weighted by Gasteiger charge is -2.18. The number of tetrazole rings is 1. The highest BCUT2D eigenvalue weighted by Gasteiger charge is 2.50. The van der Waals surface area contributed by atoms with Crippen molar-refractivity contribution in [1.82, 2.24) is 20.2 Å². The lowest BCUT2D eigenvalue weighted by molar-refractivity contribution is -0.126. The third-order valence-corrected chi connectivity index (χ3v) is 6.06. The van der Waals surface area contributed by atoms with Crippen LogP contribution in [0.25, 0.3) is 0 Å². The molecule has 4 rings (SSSR count). The highest BCUT2D eigenvalue weighted by atomic mass is 32.2. The average molecular weight is 355 g/mol. The van der Waals surface area contributed by atoms with E-state index in [0.29, 0.717) is 18.5 Å². The number of hydrogen-bond acceptors (Lipinski definition) is 8. The van der Waals surface area contributed by atoms with E-state index in [1.807, 2.05) is 4.68 Å². The molecule has 9 nitrogen and oxygen atoms in total. The number of aromatic nitrogens is 4. The van der Waals surface area contributed by atoms with E-state index in [0.717, 1.165) is 5.16 Å². The summed E-state index contributed by atoms with van der Waals surface area (Å²) < 4.78 is 19.0. The number of carbonyl (C=O) groups is 1. The summed E-state index contributed by atoms with van der Waals surface area (Å²) in [6.45, 7) is 0.723. The zero-order valence-corrected chi connectivity index (χ0v) is 14.1. The Hall–Kier alpha value is -1.23. The summed E-state index contributed by atoms with van der Waals surface area (Å²) in [6, 6.07) is -0.0731. The number of rotatable bonds is 6. The molecule has 24 heavy (non-hydrogen) atoms. The first kappa shape index (κ1) is 16.2. The quantitative estimate of drug-likeness (QED) is 0.753. The number of hydrogen-bond donors (Lipinski definition) is 1. The van der Waals surface area contributed by atoms with Crippen molar-refractivity contribution >= 4 is 17.7 Å². The van der Waals surface area contributed by atoms with Crippen LogP contribution < -0.4 is 5.73 Å². The Morgan fingerprint density at radius 1 is 1.29 bits per heavy atom. The van der Waals surface area contributed by atoms with Gasteiger partial charge in [0.15, 0.2) is 0 Å². The van der Waals surface area contributed by atoms with Gasteiger partial charge in [-0.3, -0.25) is 4.79 Å². The molecule has 2 saturated heterocycles. The van der Waals surface area contributed by atoms with Crippen LogP contribution in [0.5, 0.6) is 0 Å². The van der Waals surface area contributed by atoms with Crippen LogP contribution >= 0.6 is 11.8 Å². The number of primary amides is 1. The molecule has 0 spiro atoms. The highest BCUT2D eigenvalue weighted by molar-refractivity contribution is 7.99. The first-order chi connectivity index (χ1) is 11.7. The first-order valence-electron chi connectivity index (χ1n) is 8.30. The molecule has 1 amide bonds. The van der Waals surface area contributed by atoms with Crippen molar-refractivity contribution in [2.45, 2.75) is 60.4 Å². The van der Waals surface area contributed by atoms with Crippen LogP contribution in [0.15, 0.2) is 5.16 Å². The van der Waals surface area contributed by atoms with Crippen LogP contribution in [0.3, 0.4) is 0 Å². The van der Waals surface area contributed by atoms with E-state index in [1.165, 1.54) is 25.7 Å². The van der Waals surface area contributed by atoms with Crippen molar-refractivity contribution in [2.24, 2.45) is 5.73 Å². The Kier molecular flexibility index (Phi) is 4.70. The number of fused-ring (bicyclic) bond motifs is 1. The van der Waals surface area contributed by atoms with Gasteiger partial charge in [0.05, 0.1) is 13.2 Å². The SMILES string of the molecule is NC(=O)COC1COC2C1OCC2n1nnnc1SC1CCCC1. The van der Waals surface area contributed by atoms with E-state index in [9.17, 15) is 4.79 Å². The summed E-state index contributed by atoms with van der Waals surface area (Å²) in [5, 5.41) is 13.6. The van der Waals surface area contributed by atoms with Crippen LogP contribution in [-0.2, 0) is 19.0 Å². The summed E-state index contributed by atoms with van der Waals surface area (Å²) >= 11 is 1.74. The predicted octanol–water partition coefficient (Wildman–Crippen LogP) is -0.0830. The molecular formula is C14H21N5O4S. The molecule has 4 unspecified atom stereocenters. The Bertz CT molecular complexity index is 593. The molecule has 3 fully saturated rings. The Morgan fingerprint density at radius 2 is 2.08 bits per heavy atom. The smallest absolute Gasteiger partial charge is 0.243 e. The molecule has 1 aromatic rings. The van der Waals surface area contributed by atoms with E-state index in [2.05, 4.69) is 15.5 Å². The third-order valence-electron chi connectivity index (χ3n) is 4.77. The predicted molar refractivity (Wildman–Crippen MR) is 83.4 cm³/mol. The summed E-state index contributed by atoms with van der Waals surface area (Å²) in [5.74, 6) is -0.497. The van der Waals surface area contributed by atoms with E-state index >= 15 is 0 Å². The molecule has 0 bridgehead atoms. The van der Waals surface area contributed by atoms with Gasteiger partial charge in [-0.05, 0) is 23.3 Å². The first-order valence-corrected chi connectivity index (χ1v) is 9.18. The molecule has 2 N–H and O–H groups in total. The van der Waals surface area contributed by atoms with Gasteiger partial charge in [0, 0.05) is 5.25 Å². The van der Waals surface area contributed by atoms with Gasteiger partial charge >= 0.3 is 0 Å². The zero-order chi connectivity index (χ0) is 16.5. The molecule has 10 heteroatoms. The van der Waals surface area contributed by atoms with Gasteiger partial charge in [0.2, 0.25) is 11.1 Å². The van der Waals surface area contributed by atoms with Crippen LogP contribution in [0.2, 0.25) is 0 Å². The van der Waals surface area contributed by atoms with Gasteiger partial charge in [0.1, 0.15) is 31.0 Å². The van der Waals surface area contributed by atoms with Crippen molar-refractivity contribution in [3.63, 3.8) is 0 Å². The van der Waals surface area contributed by atoms with Gasteiger partial charge in [-0.15, -0.1) is 5.10 Å². The second kappa shape index (κ2) is 6.95. The molecular weight excluding hydrogens is 334 g/mol. The van der Waals surface area contributed by atoms with Crippen molar-refractivity contribution in [2.75, 3.05) is 19.8 Å². The van der Waals surface area contributed by atoms with Gasteiger partial charge in [-0.25, -0.2) is 4.68 Å². The Balaban J connectivity index is 1.43. The van der Waals surface area contributed by atoms with E-state index in [-0.39, 0.29) is 31.0 Å². The largest absolute Gasteiger partial charge is 0.370 e. The highest BCUT2D eigenvalue weighted by Crippen LogP contribution is 2.39. The van der Waals surface area contributed by atoms with Crippen molar-refractivity contribution in [3.05, 3.63) is 0 Å². The second-order valence-electron chi connectivity index (χ2n) is 6.41. The molecule has 4 atom stereocenters. The third kappa shape index (κ3) is 3.15. The number of thioether (sulfide) groups is 1. The van der Waals surface area contributed by atoms with E-state index in [1.54, 1.807) is 11.8 Å². The minimum absolute atomic E-state index is 0.0731. The number of nitrogens with two attached hydrogens (primary N) is 1. The van der Waals surface area contributed by atoms with Gasteiger partial charge < -0.3 is 19.9 Å². The molecule has 132 valence electrons. The van der Waals surface area contributed by atoms with Gasteiger partial charge in [-0.1, -0.05) is 24.6 Å². The van der Waals surface area contributed by atoms with E-state index < -0.39 is 5.91 Å². The number of carbonyl (C=O) groups excluding carboxylic acids is 1. The van der Waals surface area contributed by atoms with Crippen LogP contribution in [0.4, 0.5) is 0 Å². The van der Waals surface area contributed by atoms with Gasteiger partial charge in [-0.2, -0.15) is 0 Å². The van der Waals surface area contributed by atoms with Crippen molar-refractivity contribution in [1.29, 1.82) is 0 Å². The molecule has 3 aliphatic rings. The maximum Gasteiger partial charge on any atom is 0.243 e. The monoisotopic (exact) mass is 355 g/mol. The number of amides is 1. The normalized spacial score (nSPS) is 33.2. The number of nitrogens with zero attached hydrogens (tertiary/aromatic N) is 4. The molecule has 2 aliphatic heterocycles. The fraction of sp³-hybridized carbons (Fsp3) is 0.857. The van der Waals surface area contributed by atoms with Crippen molar-refractivity contribution < 1.29 is 19.0 Å². The summed E-state index contributed by atoms with van der Waals surface area (Å²) in [5.41, 5.74) is 5.13. The van der Waals surface area contributed by atoms with E-state index in [4.69, 9.17) is 19.9 Å². The Morgan fingerprint density at radius 3 is 2.88 bits per heavy atom. The fourth-order valence-electron chi connectivity index (χ4n) is 3.61. The molecule has 3 heterocycles. The summed E-state index contributed by atoms with van der Waals surface area (Å²) in [7, 11) is 0. The lowest BCUT2D eigenvalue weighted by atomic mass is 10.1. The molecule has 0 radical (unpaired) electrons. The standard InChI is InChI=1S/C14H21N5O4S/c15-11(20)7-21-10-6-23-12-9(5-22-13(10)12)19-14(16-17-18-19)24-8-3-1-2-4-8/h8-10,12-13H,1-7H2,(H2,15,20). The molecule has 1 saturated carbocycles. The second-order valence-corrected chi connectivity index (χ2v) is 7.68. The zero-order valence-electron chi connectivity index (χ0n) is 13.2. The van der Waals surface area contributed by atoms with Crippen LogP contribution in [0.1, 0.15) is 31.7 Å². The van der Waals surface area contributed by atoms with Gasteiger partial charge in [0.25, 0.3) is 0 Å². The topological polar surface area (TPSA) is 114 Å².